The average molecular weight is 665 g/mol. The van der Waals surface area contributed by atoms with Crippen molar-refractivity contribution < 1.29 is 28.5 Å². The molecule has 3 heterocycles. The molecule has 10 nitrogen and oxygen atoms in total. The minimum absolute atomic E-state index is 0.0732. The van der Waals surface area contributed by atoms with Gasteiger partial charge in [0, 0.05) is 56.8 Å². The first-order valence-corrected chi connectivity index (χ1v) is 20.6. The monoisotopic (exact) mass is 664 g/mol. The number of pyridine rings is 1. The topological polar surface area (TPSA) is 104 Å². The third-order valence-electron chi connectivity index (χ3n) is 8.77. The lowest BCUT2D eigenvalue weighted by Crippen LogP contribution is -2.47. The highest BCUT2D eigenvalue weighted by Gasteiger charge is 2.31. The molecule has 0 atom stereocenters. The Hall–Kier alpha value is -3.57. The second kappa shape index (κ2) is 14.3. The van der Waals surface area contributed by atoms with Crippen LogP contribution in [0.15, 0.2) is 30.5 Å². The summed E-state index contributed by atoms with van der Waals surface area (Å²) in [5.74, 6) is 1.92. The Morgan fingerprint density at radius 3 is 2.40 bits per heavy atom. The minimum Gasteiger partial charge on any atom is -0.497 e. The van der Waals surface area contributed by atoms with Gasteiger partial charge < -0.3 is 33.7 Å². The van der Waals surface area contributed by atoms with E-state index < -0.39 is 13.7 Å². The third-order valence-corrected chi connectivity index (χ3v) is 10.5. The molecule has 1 aliphatic carbocycles. The highest BCUT2D eigenvalue weighted by atomic mass is 28.3. The van der Waals surface area contributed by atoms with Gasteiger partial charge in [-0.25, -0.2) is 4.79 Å². The van der Waals surface area contributed by atoms with Crippen LogP contribution in [0.3, 0.4) is 0 Å². The number of nitrogens with one attached hydrogen (secondary N) is 1. The van der Waals surface area contributed by atoms with Gasteiger partial charge in [0.15, 0.2) is 0 Å². The van der Waals surface area contributed by atoms with Gasteiger partial charge in [-0.3, -0.25) is 9.78 Å². The molecule has 2 aromatic heterocycles. The number of likely N-dealkylation sites (tertiary alicyclic amines) is 1. The van der Waals surface area contributed by atoms with E-state index in [1.807, 2.05) is 52.0 Å². The first-order valence-electron chi connectivity index (χ1n) is 16.9. The van der Waals surface area contributed by atoms with Crippen LogP contribution in [0, 0.1) is 12.8 Å². The molecule has 2 fully saturated rings. The Balaban J connectivity index is 1.46. The van der Waals surface area contributed by atoms with Crippen LogP contribution in [0.1, 0.15) is 62.5 Å². The van der Waals surface area contributed by atoms with Crippen LogP contribution in [0.2, 0.25) is 25.7 Å². The molecule has 11 heteroatoms. The maximum absolute atomic E-state index is 14.1. The standard InChI is InChI=1S/C36H52N4O6Si/c1-24-31(34(41)38-26-14-17-39(18-15-26)35(42)46-36(2,3)4)32-33(40(24)23-44-19-20-47(6,7)8)28(13-16-37-32)29-21-27(43-5)11-12-30(29)45-22-25-9-10-25/h11-13,16,21,25-26H,9-10,14-15,17-20,22-23H2,1-8H3,(H,38,41). The molecule has 3 aromatic rings. The lowest BCUT2D eigenvalue weighted by atomic mass is 10.0. The Morgan fingerprint density at radius 1 is 1.04 bits per heavy atom. The van der Waals surface area contributed by atoms with E-state index in [4.69, 9.17) is 23.9 Å². The molecular weight excluding hydrogens is 613 g/mol. The maximum atomic E-state index is 14.1. The summed E-state index contributed by atoms with van der Waals surface area (Å²) < 4.78 is 25.9. The molecule has 1 aromatic carbocycles. The summed E-state index contributed by atoms with van der Waals surface area (Å²) in [4.78, 5) is 33.2. The minimum atomic E-state index is -1.29. The Kier molecular flexibility index (Phi) is 10.6. The van der Waals surface area contributed by atoms with Crippen LogP contribution in [0.5, 0.6) is 11.5 Å². The molecular formula is C36H52N4O6Si. The van der Waals surface area contributed by atoms with E-state index in [9.17, 15) is 9.59 Å². The SMILES string of the molecule is COc1ccc(OCC2CC2)c(-c2ccnc3c(C(=O)NC4CCN(C(=O)OC(C)(C)C)CC4)c(C)n(COCC[Si](C)(C)C)c23)c1. The molecule has 1 N–H and O–H groups in total. The molecule has 2 aliphatic rings. The van der Waals surface area contributed by atoms with Crippen molar-refractivity contribution in [3.8, 4) is 22.6 Å². The predicted molar refractivity (Wildman–Crippen MR) is 187 cm³/mol. The van der Waals surface area contributed by atoms with Gasteiger partial charge >= 0.3 is 6.09 Å². The van der Waals surface area contributed by atoms with Crippen LogP contribution < -0.4 is 14.8 Å². The van der Waals surface area contributed by atoms with Gasteiger partial charge in [-0.15, -0.1) is 0 Å². The van der Waals surface area contributed by atoms with Crippen molar-refractivity contribution in [2.45, 2.75) is 97.4 Å². The van der Waals surface area contributed by atoms with Crippen molar-refractivity contribution in [3.63, 3.8) is 0 Å². The number of benzene rings is 1. The van der Waals surface area contributed by atoms with Gasteiger partial charge in [-0.05, 0) is 89.6 Å². The summed E-state index contributed by atoms with van der Waals surface area (Å²) in [5.41, 5.74) is 4.02. The van der Waals surface area contributed by atoms with Crippen molar-refractivity contribution in [1.29, 1.82) is 0 Å². The molecule has 47 heavy (non-hydrogen) atoms. The lowest BCUT2D eigenvalue weighted by Gasteiger charge is -2.33. The van der Waals surface area contributed by atoms with Crippen LogP contribution in [-0.2, 0) is 16.2 Å². The van der Waals surface area contributed by atoms with E-state index >= 15 is 0 Å². The predicted octanol–water partition coefficient (Wildman–Crippen LogP) is 7.25. The number of fused-ring (bicyclic) bond motifs is 1. The molecule has 5 rings (SSSR count). The third kappa shape index (κ3) is 8.87. The second-order valence-electron chi connectivity index (χ2n) is 15.1. The summed E-state index contributed by atoms with van der Waals surface area (Å²) >= 11 is 0. The summed E-state index contributed by atoms with van der Waals surface area (Å²) in [6, 6.07) is 8.82. The van der Waals surface area contributed by atoms with E-state index in [1.54, 1.807) is 18.2 Å². The van der Waals surface area contributed by atoms with Crippen LogP contribution >= 0.6 is 0 Å². The van der Waals surface area contributed by atoms with Gasteiger partial charge in [-0.2, -0.15) is 0 Å². The highest BCUT2D eigenvalue weighted by Crippen LogP contribution is 2.40. The molecule has 1 saturated carbocycles. The molecule has 2 amide bonds. The van der Waals surface area contributed by atoms with Crippen molar-refractivity contribution in [2.75, 3.05) is 33.4 Å². The van der Waals surface area contributed by atoms with E-state index in [-0.39, 0.29) is 18.0 Å². The highest BCUT2D eigenvalue weighted by molar-refractivity contribution is 6.76. The van der Waals surface area contributed by atoms with Gasteiger partial charge in [0.05, 0.1) is 24.8 Å². The molecule has 0 bridgehead atoms. The fourth-order valence-electron chi connectivity index (χ4n) is 5.82. The fourth-order valence-corrected chi connectivity index (χ4v) is 6.58. The van der Waals surface area contributed by atoms with Crippen LogP contribution in [-0.4, -0.2) is 79.6 Å². The zero-order valence-corrected chi connectivity index (χ0v) is 30.4. The number of hydrogen-bond donors (Lipinski definition) is 1. The second-order valence-corrected chi connectivity index (χ2v) is 20.7. The van der Waals surface area contributed by atoms with E-state index in [1.165, 1.54) is 12.8 Å². The van der Waals surface area contributed by atoms with Crippen LogP contribution in [0.4, 0.5) is 4.79 Å². The maximum Gasteiger partial charge on any atom is 0.410 e. The first kappa shape index (κ1) is 34.8. The van der Waals surface area contributed by atoms with E-state index in [0.717, 1.165) is 39.9 Å². The van der Waals surface area contributed by atoms with Gasteiger partial charge in [0.25, 0.3) is 5.91 Å². The average Bonchev–Trinajstić information content (AvgIpc) is 3.79. The summed E-state index contributed by atoms with van der Waals surface area (Å²) in [6.45, 7) is 17.2. The molecule has 0 radical (unpaired) electrons. The molecule has 0 spiro atoms. The van der Waals surface area contributed by atoms with E-state index in [0.29, 0.717) is 62.9 Å². The molecule has 0 unspecified atom stereocenters. The van der Waals surface area contributed by atoms with Crippen molar-refractivity contribution in [3.05, 3.63) is 41.7 Å². The van der Waals surface area contributed by atoms with Crippen molar-refractivity contribution in [1.82, 2.24) is 19.8 Å². The number of rotatable bonds is 12. The zero-order valence-electron chi connectivity index (χ0n) is 29.4. The Morgan fingerprint density at radius 2 is 1.77 bits per heavy atom. The summed E-state index contributed by atoms with van der Waals surface area (Å²) in [5, 5.41) is 3.25. The summed E-state index contributed by atoms with van der Waals surface area (Å²) in [7, 11) is 0.365. The number of piperidine rings is 1. The van der Waals surface area contributed by atoms with Crippen LogP contribution in [0.25, 0.3) is 22.2 Å². The molecule has 1 saturated heterocycles. The number of carbonyl (C=O) groups excluding carboxylic acids is 2. The number of amides is 2. The van der Waals surface area contributed by atoms with Crippen molar-refractivity contribution in [2.24, 2.45) is 5.92 Å². The number of aromatic nitrogens is 2. The largest absolute Gasteiger partial charge is 0.497 e. The number of methoxy groups -OCH3 is 1. The fraction of sp³-hybridized carbons (Fsp3) is 0.583. The first-order chi connectivity index (χ1) is 22.2. The van der Waals surface area contributed by atoms with Crippen molar-refractivity contribution >= 4 is 31.1 Å². The number of nitrogens with zero attached hydrogens (tertiary/aromatic N) is 3. The number of ether oxygens (including phenoxy) is 4. The smallest absolute Gasteiger partial charge is 0.410 e. The molecule has 256 valence electrons. The van der Waals surface area contributed by atoms with Gasteiger partial charge in [0.1, 0.15) is 29.3 Å². The number of carbonyl (C=O) groups is 2. The zero-order chi connectivity index (χ0) is 33.9. The van der Waals surface area contributed by atoms with Gasteiger partial charge in [-0.1, -0.05) is 19.6 Å². The molecule has 1 aliphatic heterocycles. The van der Waals surface area contributed by atoms with E-state index in [2.05, 4.69) is 29.5 Å². The van der Waals surface area contributed by atoms with Gasteiger partial charge in [0.2, 0.25) is 0 Å². The lowest BCUT2D eigenvalue weighted by molar-refractivity contribution is 0.0199. The normalized spacial score (nSPS) is 16.0. The number of hydrogen-bond acceptors (Lipinski definition) is 7. The summed E-state index contributed by atoms with van der Waals surface area (Å²) in [6.07, 6.45) is 5.12. The Labute approximate surface area is 280 Å². The Bertz CT molecular complexity index is 1580. The quantitative estimate of drug-likeness (QED) is 0.161.